The Bertz CT molecular complexity index is 1090. The van der Waals surface area contributed by atoms with E-state index >= 15 is 0 Å². The Morgan fingerprint density at radius 2 is 1.90 bits per heavy atom. The van der Waals surface area contributed by atoms with Crippen molar-refractivity contribution in [2.45, 2.75) is 32.2 Å². The molecular weight excluding hydrogens is 362 g/mol. The number of nitrogens with one attached hydrogen (secondary N) is 1. The summed E-state index contributed by atoms with van der Waals surface area (Å²) >= 11 is 0. The molecule has 2 heterocycles. The Morgan fingerprint density at radius 3 is 2.59 bits per heavy atom. The fourth-order valence-electron chi connectivity index (χ4n) is 3.75. The minimum Gasteiger partial charge on any atom is -0.497 e. The number of ketones is 1. The van der Waals surface area contributed by atoms with Gasteiger partial charge in [-0.3, -0.25) is 4.79 Å². The number of carbonyl (C=O) groups excluding carboxylic acids is 1. The van der Waals surface area contributed by atoms with Gasteiger partial charge in [-0.1, -0.05) is 30.3 Å². The number of aromatic nitrogens is 3. The van der Waals surface area contributed by atoms with Crippen molar-refractivity contribution in [1.29, 1.82) is 0 Å². The molecule has 29 heavy (non-hydrogen) atoms. The highest BCUT2D eigenvalue weighted by atomic mass is 16.5. The monoisotopic (exact) mass is 387 g/mol. The zero-order chi connectivity index (χ0) is 20.4. The number of methoxy groups -OCH3 is 1. The first kappa shape index (κ1) is 19.0. The van der Waals surface area contributed by atoms with E-state index < -0.39 is 0 Å². The molecule has 1 atom stereocenters. The number of H-pyrrole nitrogens is 1. The van der Waals surface area contributed by atoms with E-state index in [1.165, 1.54) is 0 Å². The summed E-state index contributed by atoms with van der Waals surface area (Å²) in [5.74, 6) is 1.24. The van der Waals surface area contributed by atoms with Crippen LogP contribution < -0.4 is 4.74 Å². The van der Waals surface area contributed by atoms with Crippen molar-refractivity contribution in [2.24, 2.45) is 0 Å². The Labute approximate surface area is 170 Å². The Kier molecular flexibility index (Phi) is 5.21. The summed E-state index contributed by atoms with van der Waals surface area (Å²) in [4.78, 5) is 21.0. The standard InChI is InChI=1S/C24H25N3O2/c1-16(2)27-13-12-25-24(27)23(28)15-20(17-8-10-19(29-3)11-9-17)22-14-18-6-4-5-7-21(18)26-22/h4-14,16,20,26H,15H2,1-3H3/t20-/m0/s1. The summed E-state index contributed by atoms with van der Waals surface area (Å²) < 4.78 is 7.23. The molecular formula is C24H25N3O2. The van der Waals surface area contributed by atoms with E-state index in [1.54, 1.807) is 13.3 Å². The van der Waals surface area contributed by atoms with Crippen molar-refractivity contribution in [1.82, 2.24) is 14.5 Å². The summed E-state index contributed by atoms with van der Waals surface area (Å²) in [6.07, 6.45) is 3.89. The molecule has 2 aromatic carbocycles. The predicted molar refractivity (Wildman–Crippen MR) is 115 cm³/mol. The van der Waals surface area contributed by atoms with Gasteiger partial charge in [-0.2, -0.15) is 0 Å². The second-order valence-corrected chi connectivity index (χ2v) is 7.52. The van der Waals surface area contributed by atoms with Crippen molar-refractivity contribution in [3.8, 4) is 5.75 Å². The summed E-state index contributed by atoms with van der Waals surface area (Å²) in [5, 5.41) is 1.14. The van der Waals surface area contributed by atoms with E-state index in [4.69, 9.17) is 4.74 Å². The third kappa shape index (κ3) is 3.81. The lowest BCUT2D eigenvalue weighted by atomic mass is 9.90. The molecule has 148 valence electrons. The number of hydrogen-bond acceptors (Lipinski definition) is 3. The maximum atomic E-state index is 13.2. The molecule has 0 fully saturated rings. The number of nitrogens with zero attached hydrogens (tertiary/aromatic N) is 2. The third-order valence-corrected chi connectivity index (χ3v) is 5.31. The first-order valence-corrected chi connectivity index (χ1v) is 9.84. The summed E-state index contributed by atoms with van der Waals surface area (Å²) in [6, 6.07) is 18.4. The van der Waals surface area contributed by atoms with Crippen LogP contribution in [0.5, 0.6) is 5.75 Å². The Balaban J connectivity index is 1.73. The van der Waals surface area contributed by atoms with Crippen LogP contribution in [0.4, 0.5) is 0 Å². The van der Waals surface area contributed by atoms with Crippen LogP contribution in [-0.4, -0.2) is 27.4 Å². The zero-order valence-electron chi connectivity index (χ0n) is 16.9. The number of benzene rings is 2. The van der Waals surface area contributed by atoms with Gasteiger partial charge in [0.25, 0.3) is 0 Å². The van der Waals surface area contributed by atoms with E-state index in [0.717, 1.165) is 27.9 Å². The minimum atomic E-state index is -0.0990. The van der Waals surface area contributed by atoms with Gasteiger partial charge in [0.2, 0.25) is 0 Å². The number of hydrogen-bond donors (Lipinski definition) is 1. The number of aromatic amines is 1. The van der Waals surface area contributed by atoms with Gasteiger partial charge >= 0.3 is 0 Å². The summed E-state index contributed by atoms with van der Waals surface area (Å²) in [7, 11) is 1.65. The van der Waals surface area contributed by atoms with Gasteiger partial charge in [0.1, 0.15) is 5.75 Å². The van der Waals surface area contributed by atoms with Gasteiger partial charge in [-0.05, 0) is 49.1 Å². The summed E-state index contributed by atoms with van der Waals surface area (Å²) in [6.45, 7) is 4.11. The van der Waals surface area contributed by atoms with Gasteiger partial charge in [0.05, 0.1) is 7.11 Å². The number of Topliss-reactive ketones (excluding diaryl/α,β-unsaturated/α-hetero) is 1. The van der Waals surface area contributed by atoms with Crippen molar-refractivity contribution >= 4 is 16.7 Å². The molecule has 0 saturated carbocycles. The summed E-state index contributed by atoms with van der Waals surface area (Å²) in [5.41, 5.74) is 3.15. The zero-order valence-corrected chi connectivity index (χ0v) is 16.9. The van der Waals surface area contributed by atoms with Gasteiger partial charge in [-0.15, -0.1) is 0 Å². The number of imidazole rings is 1. The van der Waals surface area contributed by atoms with Crippen LogP contribution in [0.2, 0.25) is 0 Å². The number of fused-ring (bicyclic) bond motifs is 1. The average Bonchev–Trinajstić information content (AvgIpc) is 3.39. The highest BCUT2D eigenvalue weighted by molar-refractivity contribution is 5.94. The number of para-hydroxylation sites is 1. The molecule has 0 aliphatic carbocycles. The molecule has 0 aliphatic heterocycles. The quantitative estimate of drug-likeness (QED) is 0.434. The first-order chi connectivity index (χ1) is 14.1. The molecule has 0 amide bonds. The SMILES string of the molecule is COc1ccc([C@H](CC(=O)c2nccn2C(C)C)c2cc3ccccc3[nH]2)cc1. The predicted octanol–water partition coefficient (Wildman–Crippen LogP) is 5.36. The van der Waals surface area contributed by atoms with Gasteiger partial charge in [0, 0.05) is 42.0 Å². The lowest BCUT2D eigenvalue weighted by Gasteiger charge is -2.17. The molecule has 5 nitrogen and oxygen atoms in total. The molecule has 1 N–H and O–H groups in total. The van der Waals surface area contributed by atoms with Crippen LogP contribution in [-0.2, 0) is 0 Å². The lowest BCUT2D eigenvalue weighted by molar-refractivity contribution is 0.0961. The van der Waals surface area contributed by atoms with Gasteiger partial charge < -0.3 is 14.3 Å². The van der Waals surface area contributed by atoms with E-state index in [9.17, 15) is 4.79 Å². The molecule has 2 aromatic heterocycles. The highest BCUT2D eigenvalue weighted by Crippen LogP contribution is 2.32. The van der Waals surface area contributed by atoms with Gasteiger partial charge in [0.15, 0.2) is 11.6 Å². The molecule has 0 radical (unpaired) electrons. The molecule has 4 rings (SSSR count). The van der Waals surface area contributed by atoms with Crippen molar-refractivity contribution in [3.05, 3.63) is 84.1 Å². The van der Waals surface area contributed by atoms with E-state index in [1.807, 2.05) is 47.2 Å². The second-order valence-electron chi connectivity index (χ2n) is 7.52. The van der Waals surface area contributed by atoms with Crippen LogP contribution in [0.15, 0.2) is 67.0 Å². The smallest absolute Gasteiger partial charge is 0.199 e. The lowest BCUT2D eigenvalue weighted by Crippen LogP contribution is -2.15. The fourth-order valence-corrected chi connectivity index (χ4v) is 3.75. The highest BCUT2D eigenvalue weighted by Gasteiger charge is 2.24. The average molecular weight is 387 g/mol. The van der Waals surface area contributed by atoms with E-state index in [-0.39, 0.29) is 17.7 Å². The third-order valence-electron chi connectivity index (χ3n) is 5.31. The maximum absolute atomic E-state index is 13.2. The Hall–Kier alpha value is -3.34. The number of ether oxygens (including phenoxy) is 1. The van der Waals surface area contributed by atoms with Crippen LogP contribution in [0.25, 0.3) is 10.9 Å². The minimum absolute atomic E-state index is 0.0307. The van der Waals surface area contributed by atoms with Crippen LogP contribution >= 0.6 is 0 Å². The van der Waals surface area contributed by atoms with Crippen LogP contribution in [0.3, 0.4) is 0 Å². The van der Waals surface area contributed by atoms with Crippen molar-refractivity contribution < 1.29 is 9.53 Å². The largest absolute Gasteiger partial charge is 0.497 e. The second kappa shape index (κ2) is 7.95. The molecule has 0 saturated heterocycles. The molecule has 0 spiro atoms. The topological polar surface area (TPSA) is 59.9 Å². The normalized spacial score (nSPS) is 12.4. The van der Waals surface area contributed by atoms with E-state index in [0.29, 0.717) is 12.2 Å². The molecule has 0 unspecified atom stereocenters. The number of carbonyl (C=O) groups is 1. The van der Waals surface area contributed by atoms with E-state index in [2.05, 4.69) is 42.0 Å². The maximum Gasteiger partial charge on any atom is 0.199 e. The fraction of sp³-hybridized carbons (Fsp3) is 0.250. The molecule has 0 bridgehead atoms. The van der Waals surface area contributed by atoms with Crippen molar-refractivity contribution in [2.75, 3.05) is 7.11 Å². The molecule has 5 heteroatoms. The molecule has 0 aliphatic rings. The van der Waals surface area contributed by atoms with Gasteiger partial charge in [-0.25, -0.2) is 4.98 Å². The first-order valence-electron chi connectivity index (χ1n) is 9.84. The Morgan fingerprint density at radius 1 is 1.14 bits per heavy atom. The van der Waals surface area contributed by atoms with Crippen molar-refractivity contribution in [3.63, 3.8) is 0 Å². The van der Waals surface area contributed by atoms with Crippen LogP contribution in [0.1, 0.15) is 54.1 Å². The number of rotatable bonds is 7. The molecule has 4 aromatic rings. The van der Waals surface area contributed by atoms with Crippen LogP contribution in [0, 0.1) is 0 Å².